The molecule has 1 atom stereocenters. The van der Waals surface area contributed by atoms with E-state index >= 15 is 0 Å². The van der Waals surface area contributed by atoms with Crippen LogP contribution in [-0.4, -0.2) is 24.2 Å². The first-order valence-corrected chi connectivity index (χ1v) is 4.80. The minimum atomic E-state index is -5.03. The first-order valence-electron chi connectivity index (χ1n) is 4.80. The van der Waals surface area contributed by atoms with Crippen LogP contribution in [0.3, 0.4) is 0 Å². The number of rotatable bonds is 1. The Kier molecular flexibility index (Phi) is 2.43. The molecule has 0 saturated carbocycles. The number of benzene rings is 1. The third kappa shape index (κ3) is 1.51. The smallest absolute Gasteiger partial charge is 0.428 e. The number of alkyl halides is 3. The summed E-state index contributed by atoms with van der Waals surface area (Å²) in [6.45, 7) is 0. The summed E-state index contributed by atoms with van der Waals surface area (Å²) in [7, 11) is 1.30. The van der Waals surface area contributed by atoms with Crippen LogP contribution in [0.25, 0.3) is 0 Å². The highest BCUT2D eigenvalue weighted by atomic mass is 19.4. The molecule has 0 heterocycles. The number of methoxy groups -OCH3 is 1. The molecule has 17 heavy (non-hydrogen) atoms. The van der Waals surface area contributed by atoms with Gasteiger partial charge in [-0.2, -0.15) is 13.2 Å². The average molecular weight is 246 g/mol. The van der Waals surface area contributed by atoms with E-state index in [1.54, 1.807) is 0 Å². The van der Waals surface area contributed by atoms with Crippen molar-refractivity contribution < 1.29 is 27.8 Å². The van der Waals surface area contributed by atoms with Gasteiger partial charge < -0.3 is 9.84 Å². The van der Waals surface area contributed by atoms with Gasteiger partial charge in [0.2, 0.25) is 5.60 Å². The molecule has 1 aliphatic rings. The number of fused-ring (bicyclic) bond motifs is 1. The zero-order valence-electron chi connectivity index (χ0n) is 8.84. The van der Waals surface area contributed by atoms with E-state index in [0.29, 0.717) is 0 Å². The van der Waals surface area contributed by atoms with Gasteiger partial charge in [-0.1, -0.05) is 6.07 Å². The summed E-state index contributed by atoms with van der Waals surface area (Å²) in [6.07, 6.45) is -5.45. The Bertz CT molecular complexity index is 481. The second kappa shape index (κ2) is 3.46. The van der Waals surface area contributed by atoms with Crippen LogP contribution in [0.15, 0.2) is 18.2 Å². The van der Waals surface area contributed by atoms with Gasteiger partial charge in [0, 0.05) is 12.0 Å². The van der Waals surface area contributed by atoms with Gasteiger partial charge in [-0.15, -0.1) is 0 Å². The van der Waals surface area contributed by atoms with Crippen LogP contribution >= 0.6 is 0 Å². The van der Waals surface area contributed by atoms with E-state index in [4.69, 9.17) is 4.74 Å². The van der Waals surface area contributed by atoms with Crippen LogP contribution in [-0.2, 0) is 16.8 Å². The molecule has 0 aromatic heterocycles. The molecule has 0 radical (unpaired) electrons. The topological polar surface area (TPSA) is 46.5 Å². The third-order valence-corrected chi connectivity index (χ3v) is 2.87. The molecule has 1 aliphatic carbocycles. The Morgan fingerprint density at radius 3 is 2.59 bits per heavy atom. The predicted molar refractivity (Wildman–Crippen MR) is 51.7 cm³/mol. The molecule has 1 unspecified atom stereocenters. The summed E-state index contributed by atoms with van der Waals surface area (Å²) in [4.78, 5) is 11.4. The number of carbonyl (C=O) groups excluding carboxylic acids is 1. The molecule has 0 saturated heterocycles. The van der Waals surface area contributed by atoms with Crippen molar-refractivity contribution in [2.45, 2.75) is 18.2 Å². The SMILES string of the molecule is COc1ccc2c(c1)C(O)(C(F)(F)F)C(=O)C2. The summed E-state index contributed by atoms with van der Waals surface area (Å²) >= 11 is 0. The Morgan fingerprint density at radius 2 is 2.06 bits per heavy atom. The molecule has 0 aliphatic heterocycles. The molecule has 0 fully saturated rings. The van der Waals surface area contributed by atoms with Crippen LogP contribution in [0.2, 0.25) is 0 Å². The summed E-state index contributed by atoms with van der Waals surface area (Å²) in [5, 5.41) is 9.64. The van der Waals surface area contributed by atoms with Crippen LogP contribution < -0.4 is 4.74 Å². The number of Topliss-reactive ketones (excluding diaryl/α,β-unsaturated/α-hetero) is 1. The number of ketones is 1. The maximum Gasteiger partial charge on any atom is 0.428 e. The Labute approximate surface area is 94.8 Å². The molecule has 0 amide bonds. The van der Waals surface area contributed by atoms with Crippen molar-refractivity contribution in [1.29, 1.82) is 0 Å². The lowest BCUT2D eigenvalue weighted by atomic mass is 9.94. The lowest BCUT2D eigenvalue weighted by molar-refractivity contribution is -0.253. The largest absolute Gasteiger partial charge is 0.497 e. The number of carbonyl (C=O) groups is 1. The molecule has 1 aromatic rings. The summed E-state index contributed by atoms with van der Waals surface area (Å²) in [6, 6.07) is 3.86. The fourth-order valence-electron chi connectivity index (χ4n) is 1.94. The second-order valence-electron chi connectivity index (χ2n) is 3.83. The van der Waals surface area contributed by atoms with Crippen molar-refractivity contribution in [3.8, 4) is 5.75 Å². The molecule has 1 aromatic carbocycles. The lowest BCUT2D eigenvalue weighted by Crippen LogP contribution is -2.46. The monoisotopic (exact) mass is 246 g/mol. The quantitative estimate of drug-likeness (QED) is 0.818. The standard InChI is InChI=1S/C11H9F3O3/c1-17-7-3-2-6-4-9(15)10(16,8(6)5-7)11(12,13)14/h2-3,5,16H,4H2,1H3. The molecule has 0 spiro atoms. The molecular formula is C11H9F3O3. The van der Waals surface area contributed by atoms with E-state index in [1.165, 1.54) is 19.2 Å². The average Bonchev–Trinajstić information content (AvgIpc) is 2.51. The molecule has 92 valence electrons. The fraction of sp³-hybridized carbons (Fsp3) is 0.364. The van der Waals surface area contributed by atoms with E-state index in [2.05, 4.69) is 0 Å². The molecule has 3 nitrogen and oxygen atoms in total. The van der Waals surface area contributed by atoms with Gasteiger partial charge in [-0.3, -0.25) is 4.79 Å². The Balaban J connectivity index is 2.64. The Hall–Kier alpha value is -1.56. The van der Waals surface area contributed by atoms with E-state index < -0.39 is 29.5 Å². The van der Waals surface area contributed by atoms with E-state index in [1.807, 2.05) is 0 Å². The van der Waals surface area contributed by atoms with E-state index in [0.717, 1.165) is 6.07 Å². The molecular weight excluding hydrogens is 237 g/mol. The van der Waals surface area contributed by atoms with Crippen molar-refractivity contribution in [2.24, 2.45) is 0 Å². The van der Waals surface area contributed by atoms with Gasteiger partial charge in [0.05, 0.1) is 7.11 Å². The van der Waals surface area contributed by atoms with Crippen LogP contribution in [0, 0.1) is 0 Å². The third-order valence-electron chi connectivity index (χ3n) is 2.87. The number of ether oxygens (including phenoxy) is 1. The highest BCUT2D eigenvalue weighted by molar-refractivity contribution is 5.96. The normalized spacial score (nSPS) is 23.7. The van der Waals surface area contributed by atoms with Crippen molar-refractivity contribution in [2.75, 3.05) is 7.11 Å². The first-order chi connectivity index (χ1) is 7.80. The van der Waals surface area contributed by atoms with E-state index in [9.17, 15) is 23.1 Å². The number of aliphatic hydroxyl groups is 1. The van der Waals surface area contributed by atoms with Crippen LogP contribution in [0.4, 0.5) is 13.2 Å². The van der Waals surface area contributed by atoms with E-state index in [-0.39, 0.29) is 11.3 Å². The Morgan fingerprint density at radius 1 is 1.41 bits per heavy atom. The summed E-state index contributed by atoms with van der Waals surface area (Å²) in [5.41, 5.74) is -3.67. The second-order valence-corrected chi connectivity index (χ2v) is 3.83. The molecule has 6 heteroatoms. The lowest BCUT2D eigenvalue weighted by Gasteiger charge is -2.25. The summed E-state index contributed by atoms with van der Waals surface area (Å²) in [5.74, 6) is -1.09. The first kappa shape index (κ1) is 11.9. The zero-order valence-corrected chi connectivity index (χ0v) is 8.84. The number of hydrogen-bond acceptors (Lipinski definition) is 3. The maximum absolute atomic E-state index is 12.8. The van der Waals surface area contributed by atoms with Crippen LogP contribution in [0.1, 0.15) is 11.1 Å². The maximum atomic E-state index is 12.8. The molecule has 0 bridgehead atoms. The van der Waals surface area contributed by atoms with Gasteiger partial charge in [0.15, 0.2) is 5.78 Å². The van der Waals surface area contributed by atoms with Crippen molar-refractivity contribution in [3.05, 3.63) is 29.3 Å². The summed E-state index contributed by atoms with van der Waals surface area (Å²) < 4.78 is 43.2. The number of halogens is 3. The van der Waals surface area contributed by atoms with Crippen molar-refractivity contribution in [1.82, 2.24) is 0 Å². The zero-order chi connectivity index (χ0) is 12.8. The van der Waals surface area contributed by atoms with Gasteiger partial charge in [0.1, 0.15) is 5.75 Å². The van der Waals surface area contributed by atoms with Gasteiger partial charge >= 0.3 is 6.18 Å². The fourth-order valence-corrected chi connectivity index (χ4v) is 1.94. The van der Waals surface area contributed by atoms with Gasteiger partial charge in [-0.05, 0) is 17.7 Å². The minimum absolute atomic E-state index is 0.168. The predicted octanol–water partition coefficient (Wildman–Crippen LogP) is 1.57. The minimum Gasteiger partial charge on any atom is -0.497 e. The van der Waals surface area contributed by atoms with Crippen molar-refractivity contribution >= 4 is 5.78 Å². The van der Waals surface area contributed by atoms with Crippen molar-refractivity contribution in [3.63, 3.8) is 0 Å². The highest BCUT2D eigenvalue weighted by Gasteiger charge is 2.63. The molecule has 1 N–H and O–H groups in total. The molecule has 2 rings (SSSR count). The van der Waals surface area contributed by atoms with Crippen LogP contribution in [0.5, 0.6) is 5.75 Å². The van der Waals surface area contributed by atoms with Gasteiger partial charge in [0.25, 0.3) is 0 Å². The van der Waals surface area contributed by atoms with Gasteiger partial charge in [-0.25, -0.2) is 0 Å². The highest BCUT2D eigenvalue weighted by Crippen LogP contribution is 2.46. The number of hydrogen-bond donors (Lipinski definition) is 1.